The Bertz CT molecular complexity index is 577. The lowest BCUT2D eigenvalue weighted by molar-refractivity contribution is 0.400. The van der Waals surface area contributed by atoms with Crippen molar-refractivity contribution in [1.82, 2.24) is 0 Å². The SMILES string of the molecule is COc1ccc2cccc3c2c1CC(CCN)C3. The second-order valence-electron chi connectivity index (χ2n) is 5.11. The van der Waals surface area contributed by atoms with Gasteiger partial charge in [0.2, 0.25) is 0 Å². The van der Waals surface area contributed by atoms with Crippen molar-refractivity contribution in [1.29, 1.82) is 0 Å². The van der Waals surface area contributed by atoms with Crippen LogP contribution in [0.2, 0.25) is 0 Å². The van der Waals surface area contributed by atoms with Gasteiger partial charge >= 0.3 is 0 Å². The highest BCUT2D eigenvalue weighted by atomic mass is 16.5. The molecule has 94 valence electrons. The van der Waals surface area contributed by atoms with Crippen molar-refractivity contribution in [2.24, 2.45) is 11.7 Å². The smallest absolute Gasteiger partial charge is 0.122 e. The fourth-order valence-electron chi connectivity index (χ4n) is 3.19. The summed E-state index contributed by atoms with van der Waals surface area (Å²) in [6.07, 6.45) is 3.33. The molecule has 0 bridgehead atoms. The van der Waals surface area contributed by atoms with E-state index in [1.54, 1.807) is 7.11 Å². The van der Waals surface area contributed by atoms with E-state index >= 15 is 0 Å². The van der Waals surface area contributed by atoms with Gasteiger partial charge in [0.1, 0.15) is 5.75 Å². The van der Waals surface area contributed by atoms with Gasteiger partial charge in [-0.15, -0.1) is 0 Å². The van der Waals surface area contributed by atoms with Crippen molar-refractivity contribution in [3.05, 3.63) is 41.5 Å². The van der Waals surface area contributed by atoms with Crippen molar-refractivity contribution >= 4 is 10.8 Å². The van der Waals surface area contributed by atoms with Crippen LogP contribution in [0.5, 0.6) is 5.75 Å². The summed E-state index contributed by atoms with van der Waals surface area (Å²) >= 11 is 0. The number of ether oxygens (including phenoxy) is 1. The molecular formula is C16H19NO. The zero-order valence-electron chi connectivity index (χ0n) is 10.8. The third kappa shape index (κ3) is 1.77. The van der Waals surface area contributed by atoms with Gasteiger partial charge in [-0.1, -0.05) is 24.3 Å². The van der Waals surface area contributed by atoms with E-state index in [-0.39, 0.29) is 0 Å². The molecule has 2 aromatic carbocycles. The quantitative estimate of drug-likeness (QED) is 0.896. The minimum Gasteiger partial charge on any atom is -0.496 e. The lowest BCUT2D eigenvalue weighted by Crippen LogP contribution is -2.18. The van der Waals surface area contributed by atoms with E-state index in [1.807, 2.05) is 0 Å². The summed E-state index contributed by atoms with van der Waals surface area (Å²) in [6.45, 7) is 0.769. The molecule has 2 N–H and O–H groups in total. The van der Waals surface area contributed by atoms with Crippen LogP contribution in [0.4, 0.5) is 0 Å². The Kier molecular flexibility index (Phi) is 2.96. The standard InChI is InChI=1S/C16H19NO/c1-18-15-6-5-12-3-2-4-13-9-11(7-8-17)10-14(15)16(12)13/h2-6,11H,7-10,17H2,1H3. The Morgan fingerprint density at radius 1 is 1.22 bits per heavy atom. The van der Waals surface area contributed by atoms with Crippen molar-refractivity contribution in [2.45, 2.75) is 19.3 Å². The summed E-state index contributed by atoms with van der Waals surface area (Å²) in [6, 6.07) is 10.8. The average Bonchev–Trinajstić information content (AvgIpc) is 2.40. The first-order valence-corrected chi connectivity index (χ1v) is 6.61. The fraction of sp³-hybridized carbons (Fsp3) is 0.375. The largest absolute Gasteiger partial charge is 0.496 e. The predicted molar refractivity (Wildman–Crippen MR) is 75.1 cm³/mol. The highest BCUT2D eigenvalue weighted by molar-refractivity contribution is 5.91. The van der Waals surface area contributed by atoms with Gasteiger partial charge in [0, 0.05) is 5.56 Å². The van der Waals surface area contributed by atoms with E-state index < -0.39 is 0 Å². The summed E-state index contributed by atoms with van der Waals surface area (Å²) in [4.78, 5) is 0. The molecule has 0 saturated heterocycles. The van der Waals surface area contributed by atoms with E-state index in [4.69, 9.17) is 10.5 Å². The lowest BCUT2D eigenvalue weighted by Gasteiger charge is -2.26. The molecule has 0 radical (unpaired) electrons. The molecule has 1 aliphatic rings. The monoisotopic (exact) mass is 241 g/mol. The van der Waals surface area contributed by atoms with E-state index in [0.717, 1.165) is 31.6 Å². The van der Waals surface area contributed by atoms with E-state index in [1.165, 1.54) is 21.9 Å². The highest BCUT2D eigenvalue weighted by Crippen LogP contribution is 2.38. The van der Waals surface area contributed by atoms with Crippen molar-refractivity contribution < 1.29 is 4.74 Å². The number of methoxy groups -OCH3 is 1. The fourth-order valence-corrected chi connectivity index (χ4v) is 3.19. The van der Waals surface area contributed by atoms with Crippen LogP contribution < -0.4 is 10.5 Å². The molecule has 2 aromatic rings. The molecule has 0 amide bonds. The summed E-state index contributed by atoms with van der Waals surface area (Å²) in [5.74, 6) is 1.68. The first kappa shape index (κ1) is 11.5. The van der Waals surface area contributed by atoms with Crippen LogP contribution in [-0.4, -0.2) is 13.7 Å². The topological polar surface area (TPSA) is 35.2 Å². The maximum Gasteiger partial charge on any atom is 0.122 e. The van der Waals surface area contributed by atoms with Crippen LogP contribution in [0.3, 0.4) is 0 Å². The summed E-state index contributed by atoms with van der Waals surface area (Å²) < 4.78 is 5.53. The van der Waals surface area contributed by atoms with Crippen LogP contribution in [0, 0.1) is 5.92 Å². The third-order valence-electron chi connectivity index (χ3n) is 3.99. The average molecular weight is 241 g/mol. The van der Waals surface area contributed by atoms with Crippen LogP contribution in [-0.2, 0) is 12.8 Å². The van der Waals surface area contributed by atoms with E-state index in [0.29, 0.717) is 5.92 Å². The Morgan fingerprint density at radius 2 is 2.11 bits per heavy atom. The lowest BCUT2D eigenvalue weighted by atomic mass is 9.80. The highest BCUT2D eigenvalue weighted by Gasteiger charge is 2.22. The molecule has 0 spiro atoms. The van der Waals surface area contributed by atoms with Crippen molar-refractivity contribution in [2.75, 3.05) is 13.7 Å². The number of benzene rings is 2. The van der Waals surface area contributed by atoms with Gasteiger partial charge in [0.15, 0.2) is 0 Å². The van der Waals surface area contributed by atoms with Crippen LogP contribution in [0.15, 0.2) is 30.3 Å². The molecule has 0 saturated carbocycles. The maximum atomic E-state index is 5.72. The molecular weight excluding hydrogens is 222 g/mol. The predicted octanol–water partition coefficient (Wildman–Crippen LogP) is 2.91. The van der Waals surface area contributed by atoms with Crippen LogP contribution >= 0.6 is 0 Å². The molecule has 0 aromatic heterocycles. The first-order valence-electron chi connectivity index (χ1n) is 6.61. The van der Waals surface area contributed by atoms with Crippen LogP contribution in [0.1, 0.15) is 17.5 Å². The first-order chi connectivity index (χ1) is 8.83. The van der Waals surface area contributed by atoms with Gasteiger partial charge in [0.05, 0.1) is 7.11 Å². The van der Waals surface area contributed by atoms with Gasteiger partial charge in [-0.05, 0) is 54.1 Å². The minimum atomic E-state index is 0.657. The Labute approximate surface area is 108 Å². The van der Waals surface area contributed by atoms with Gasteiger partial charge in [-0.25, -0.2) is 0 Å². The molecule has 1 aliphatic carbocycles. The number of nitrogens with two attached hydrogens (primary N) is 1. The minimum absolute atomic E-state index is 0.657. The van der Waals surface area contributed by atoms with Crippen molar-refractivity contribution in [3.8, 4) is 5.75 Å². The number of hydrogen-bond donors (Lipinski definition) is 1. The summed E-state index contributed by atoms with van der Waals surface area (Å²) in [7, 11) is 1.76. The Balaban J connectivity index is 2.18. The summed E-state index contributed by atoms with van der Waals surface area (Å²) in [5, 5.41) is 2.74. The molecule has 1 unspecified atom stereocenters. The second kappa shape index (κ2) is 4.62. The third-order valence-corrected chi connectivity index (χ3v) is 3.99. The normalized spacial score (nSPS) is 18.0. The van der Waals surface area contributed by atoms with Gasteiger partial charge in [-0.2, -0.15) is 0 Å². The van der Waals surface area contributed by atoms with Gasteiger partial charge in [0.25, 0.3) is 0 Å². The molecule has 0 aliphatic heterocycles. The maximum absolute atomic E-state index is 5.72. The molecule has 2 heteroatoms. The molecule has 2 nitrogen and oxygen atoms in total. The number of rotatable bonds is 3. The Hall–Kier alpha value is -1.54. The molecule has 18 heavy (non-hydrogen) atoms. The zero-order valence-corrected chi connectivity index (χ0v) is 10.8. The number of hydrogen-bond acceptors (Lipinski definition) is 2. The van der Waals surface area contributed by atoms with Crippen molar-refractivity contribution in [3.63, 3.8) is 0 Å². The van der Waals surface area contributed by atoms with Gasteiger partial charge in [-0.3, -0.25) is 0 Å². The second-order valence-corrected chi connectivity index (χ2v) is 5.11. The molecule has 3 rings (SSSR count). The molecule has 0 fully saturated rings. The van der Waals surface area contributed by atoms with E-state index in [2.05, 4.69) is 30.3 Å². The zero-order chi connectivity index (χ0) is 12.5. The Morgan fingerprint density at radius 3 is 2.89 bits per heavy atom. The van der Waals surface area contributed by atoms with Gasteiger partial charge < -0.3 is 10.5 Å². The molecule has 1 atom stereocenters. The molecule has 0 heterocycles. The summed E-state index contributed by atoms with van der Waals surface area (Å²) in [5.41, 5.74) is 8.54. The van der Waals surface area contributed by atoms with Crippen LogP contribution in [0.25, 0.3) is 10.8 Å². The van der Waals surface area contributed by atoms with E-state index in [9.17, 15) is 0 Å².